The molecular weight excluding hydrogens is 296 g/mol. The van der Waals surface area contributed by atoms with Gasteiger partial charge < -0.3 is 5.11 Å². The minimum absolute atomic E-state index is 0.0492. The molecule has 0 atom stereocenters. The van der Waals surface area contributed by atoms with E-state index in [1.807, 2.05) is 0 Å². The second-order valence-electron chi connectivity index (χ2n) is 4.24. The van der Waals surface area contributed by atoms with E-state index in [2.05, 4.69) is 4.72 Å². The summed E-state index contributed by atoms with van der Waals surface area (Å²) < 4.78 is 26.4. The number of non-ortho nitro benzene ring substituents is 1. The summed E-state index contributed by atoms with van der Waals surface area (Å²) in [6.45, 7) is 0.0552. The van der Waals surface area contributed by atoms with Crippen LogP contribution < -0.4 is 4.72 Å². The van der Waals surface area contributed by atoms with E-state index in [1.54, 1.807) is 12.1 Å². The second kappa shape index (κ2) is 5.90. The Labute approximate surface area is 121 Å². The Bertz CT molecular complexity index is 739. The normalized spacial score (nSPS) is 11.2. The number of nitro benzene ring substituents is 1. The molecule has 8 heteroatoms. The van der Waals surface area contributed by atoms with Gasteiger partial charge in [0.2, 0.25) is 10.0 Å². The van der Waals surface area contributed by atoms with Crippen LogP contribution in [0.4, 0.5) is 5.69 Å². The average Bonchev–Trinajstić information content (AvgIpc) is 2.47. The topological polar surface area (TPSA) is 110 Å². The first kappa shape index (κ1) is 14.9. The van der Waals surface area contributed by atoms with Crippen LogP contribution in [0.25, 0.3) is 0 Å². The van der Waals surface area contributed by atoms with Crippen LogP contribution in [-0.2, 0) is 16.6 Å². The molecule has 0 unspecified atom stereocenters. The quantitative estimate of drug-likeness (QED) is 0.646. The monoisotopic (exact) mass is 308 g/mol. The fourth-order valence-corrected chi connectivity index (χ4v) is 2.64. The lowest BCUT2D eigenvalue weighted by Crippen LogP contribution is -2.23. The standard InChI is InChI=1S/C13H12N2O5S/c16-12-5-1-10(2-6-12)9-14-21(19,20)13-7-3-11(4-8-13)15(17)18/h1-8,14,16H,9H2. The molecule has 7 nitrogen and oxygen atoms in total. The van der Waals surface area contributed by atoms with Crippen LogP contribution in [0.1, 0.15) is 5.56 Å². The Balaban J connectivity index is 2.11. The highest BCUT2D eigenvalue weighted by Gasteiger charge is 2.15. The molecule has 0 amide bonds. The van der Waals surface area contributed by atoms with Gasteiger partial charge in [-0.1, -0.05) is 12.1 Å². The van der Waals surface area contributed by atoms with Gasteiger partial charge in [-0.25, -0.2) is 13.1 Å². The summed E-state index contributed by atoms with van der Waals surface area (Å²) in [5.74, 6) is 0.0944. The van der Waals surface area contributed by atoms with Crippen molar-refractivity contribution in [2.75, 3.05) is 0 Å². The maximum absolute atomic E-state index is 12.0. The van der Waals surface area contributed by atoms with E-state index in [-0.39, 0.29) is 22.9 Å². The molecule has 2 rings (SSSR count). The summed E-state index contributed by atoms with van der Waals surface area (Å²) in [5, 5.41) is 19.7. The zero-order valence-electron chi connectivity index (χ0n) is 10.8. The third-order valence-electron chi connectivity index (χ3n) is 2.76. The molecule has 0 aliphatic rings. The number of rotatable bonds is 5. The Morgan fingerprint density at radius 1 is 1.05 bits per heavy atom. The summed E-state index contributed by atoms with van der Waals surface area (Å²) in [7, 11) is -3.75. The molecule has 0 aliphatic carbocycles. The van der Waals surface area contributed by atoms with Crippen LogP contribution >= 0.6 is 0 Å². The van der Waals surface area contributed by atoms with Crippen molar-refractivity contribution in [1.29, 1.82) is 0 Å². The fourth-order valence-electron chi connectivity index (χ4n) is 1.62. The number of aromatic hydroxyl groups is 1. The molecule has 0 heterocycles. The molecule has 0 fully saturated rings. The van der Waals surface area contributed by atoms with Gasteiger partial charge in [-0.3, -0.25) is 10.1 Å². The zero-order valence-corrected chi connectivity index (χ0v) is 11.6. The zero-order chi connectivity index (χ0) is 15.5. The van der Waals surface area contributed by atoms with E-state index in [9.17, 15) is 18.5 Å². The molecule has 2 aromatic carbocycles. The smallest absolute Gasteiger partial charge is 0.269 e. The molecule has 0 saturated carbocycles. The van der Waals surface area contributed by atoms with Gasteiger partial charge in [-0.05, 0) is 29.8 Å². The number of nitro groups is 1. The van der Waals surface area contributed by atoms with Crippen molar-refractivity contribution >= 4 is 15.7 Å². The number of phenolic OH excluding ortho intramolecular Hbond substituents is 1. The molecule has 21 heavy (non-hydrogen) atoms. The largest absolute Gasteiger partial charge is 0.508 e. The minimum atomic E-state index is -3.75. The lowest BCUT2D eigenvalue weighted by Gasteiger charge is -2.07. The van der Waals surface area contributed by atoms with Crippen LogP contribution in [-0.4, -0.2) is 18.4 Å². The highest BCUT2D eigenvalue weighted by molar-refractivity contribution is 7.89. The molecule has 2 N–H and O–H groups in total. The summed E-state index contributed by atoms with van der Waals surface area (Å²) in [6, 6.07) is 10.7. The van der Waals surface area contributed by atoms with Crippen LogP contribution in [0.15, 0.2) is 53.4 Å². The Morgan fingerprint density at radius 2 is 1.62 bits per heavy atom. The van der Waals surface area contributed by atoms with Gasteiger partial charge in [-0.15, -0.1) is 0 Å². The molecule has 0 bridgehead atoms. The van der Waals surface area contributed by atoms with Gasteiger partial charge in [0.25, 0.3) is 5.69 Å². The number of hydrogen-bond acceptors (Lipinski definition) is 5. The SMILES string of the molecule is O=[N+]([O-])c1ccc(S(=O)(=O)NCc2ccc(O)cc2)cc1. The first-order valence-corrected chi connectivity index (χ1v) is 7.39. The molecule has 110 valence electrons. The maximum atomic E-state index is 12.0. The number of hydrogen-bond donors (Lipinski definition) is 2. The van der Waals surface area contributed by atoms with Crippen molar-refractivity contribution in [1.82, 2.24) is 4.72 Å². The third kappa shape index (κ3) is 3.77. The summed E-state index contributed by atoms with van der Waals surface area (Å²) in [5.41, 5.74) is 0.505. The Hall–Kier alpha value is -2.45. The van der Waals surface area contributed by atoms with Crippen LogP contribution in [0, 0.1) is 10.1 Å². The number of benzene rings is 2. The maximum Gasteiger partial charge on any atom is 0.269 e. The van der Waals surface area contributed by atoms with Crippen LogP contribution in [0.5, 0.6) is 5.75 Å². The van der Waals surface area contributed by atoms with Gasteiger partial charge in [0, 0.05) is 18.7 Å². The van der Waals surface area contributed by atoms with Crippen LogP contribution in [0.3, 0.4) is 0 Å². The van der Waals surface area contributed by atoms with Gasteiger partial charge in [0.1, 0.15) is 5.75 Å². The van der Waals surface area contributed by atoms with Gasteiger partial charge in [0.15, 0.2) is 0 Å². The second-order valence-corrected chi connectivity index (χ2v) is 6.01. The van der Waals surface area contributed by atoms with Crippen molar-refractivity contribution < 1.29 is 18.4 Å². The number of sulfonamides is 1. The van der Waals surface area contributed by atoms with E-state index in [4.69, 9.17) is 5.11 Å². The van der Waals surface area contributed by atoms with E-state index < -0.39 is 14.9 Å². The fraction of sp³-hybridized carbons (Fsp3) is 0.0769. The van der Waals surface area contributed by atoms with E-state index in [0.717, 1.165) is 12.1 Å². The highest BCUT2D eigenvalue weighted by Crippen LogP contribution is 2.16. The van der Waals surface area contributed by atoms with E-state index in [1.165, 1.54) is 24.3 Å². The molecule has 0 saturated heterocycles. The molecule has 0 aliphatic heterocycles. The van der Waals surface area contributed by atoms with Crippen molar-refractivity contribution in [3.63, 3.8) is 0 Å². The number of nitrogens with zero attached hydrogens (tertiary/aromatic N) is 1. The number of phenols is 1. The van der Waals surface area contributed by atoms with E-state index in [0.29, 0.717) is 5.56 Å². The summed E-state index contributed by atoms with van der Waals surface area (Å²) in [6.07, 6.45) is 0. The predicted octanol–water partition coefficient (Wildman–Crippen LogP) is 1.78. The Kier molecular flexibility index (Phi) is 4.20. The molecule has 0 aromatic heterocycles. The van der Waals surface area contributed by atoms with Crippen molar-refractivity contribution in [3.05, 3.63) is 64.2 Å². The van der Waals surface area contributed by atoms with Gasteiger partial charge in [-0.2, -0.15) is 0 Å². The molecule has 0 spiro atoms. The molecule has 0 radical (unpaired) electrons. The molecular formula is C13H12N2O5S. The average molecular weight is 308 g/mol. The van der Waals surface area contributed by atoms with Crippen LogP contribution in [0.2, 0.25) is 0 Å². The summed E-state index contributed by atoms with van der Waals surface area (Å²) in [4.78, 5) is 9.87. The minimum Gasteiger partial charge on any atom is -0.508 e. The van der Waals surface area contributed by atoms with E-state index >= 15 is 0 Å². The van der Waals surface area contributed by atoms with Gasteiger partial charge >= 0.3 is 0 Å². The lowest BCUT2D eigenvalue weighted by atomic mass is 10.2. The molecule has 2 aromatic rings. The lowest BCUT2D eigenvalue weighted by molar-refractivity contribution is -0.384. The van der Waals surface area contributed by atoms with Crippen molar-refractivity contribution in [2.24, 2.45) is 0 Å². The first-order chi connectivity index (χ1) is 9.88. The third-order valence-corrected chi connectivity index (χ3v) is 4.18. The van der Waals surface area contributed by atoms with Crippen molar-refractivity contribution in [3.8, 4) is 5.75 Å². The first-order valence-electron chi connectivity index (χ1n) is 5.90. The van der Waals surface area contributed by atoms with Gasteiger partial charge in [0.05, 0.1) is 9.82 Å². The Morgan fingerprint density at radius 3 is 2.14 bits per heavy atom. The highest BCUT2D eigenvalue weighted by atomic mass is 32.2. The number of nitrogens with one attached hydrogen (secondary N) is 1. The predicted molar refractivity (Wildman–Crippen MR) is 75.2 cm³/mol. The van der Waals surface area contributed by atoms with Crippen molar-refractivity contribution in [2.45, 2.75) is 11.4 Å². The summed E-state index contributed by atoms with van der Waals surface area (Å²) >= 11 is 0.